The normalized spacial score (nSPS) is 9.83. The summed E-state index contributed by atoms with van der Waals surface area (Å²) < 4.78 is 0. The summed E-state index contributed by atoms with van der Waals surface area (Å²) in [7, 11) is 0. The fraction of sp³-hybridized carbons (Fsp3) is 0.286. The first kappa shape index (κ1) is 14.0. The standard InChI is InChI=1S/C14H17NO3/c1-3-9-15(10-13(16)17)14(18)12-7-5-11(4-2)6-8-12/h3,5-8H,1,4,9-10H2,2H3,(H,16,17). The number of rotatable bonds is 6. The Labute approximate surface area is 107 Å². The summed E-state index contributed by atoms with van der Waals surface area (Å²) in [5, 5.41) is 8.76. The minimum Gasteiger partial charge on any atom is -0.480 e. The lowest BCUT2D eigenvalue weighted by molar-refractivity contribution is -0.137. The molecule has 0 unspecified atom stereocenters. The van der Waals surface area contributed by atoms with Gasteiger partial charge in [0.1, 0.15) is 6.54 Å². The number of hydrogen-bond acceptors (Lipinski definition) is 2. The summed E-state index contributed by atoms with van der Waals surface area (Å²) in [5.41, 5.74) is 1.63. The number of hydrogen-bond donors (Lipinski definition) is 1. The maximum absolute atomic E-state index is 12.1. The maximum atomic E-state index is 12.1. The summed E-state index contributed by atoms with van der Waals surface area (Å²) in [4.78, 5) is 24.0. The first-order valence-electron chi connectivity index (χ1n) is 5.79. The number of carboxylic acids is 1. The lowest BCUT2D eigenvalue weighted by Crippen LogP contribution is -2.35. The van der Waals surface area contributed by atoms with E-state index in [0.29, 0.717) is 5.56 Å². The van der Waals surface area contributed by atoms with Gasteiger partial charge in [-0.2, -0.15) is 0 Å². The Morgan fingerprint density at radius 3 is 2.39 bits per heavy atom. The van der Waals surface area contributed by atoms with E-state index in [1.165, 1.54) is 11.0 Å². The van der Waals surface area contributed by atoms with Crippen molar-refractivity contribution in [2.45, 2.75) is 13.3 Å². The van der Waals surface area contributed by atoms with Gasteiger partial charge in [-0.25, -0.2) is 0 Å². The van der Waals surface area contributed by atoms with Crippen LogP contribution in [0.1, 0.15) is 22.8 Å². The molecule has 0 aliphatic heterocycles. The highest BCUT2D eigenvalue weighted by molar-refractivity contribution is 5.95. The van der Waals surface area contributed by atoms with Crippen LogP contribution in [0.15, 0.2) is 36.9 Å². The quantitative estimate of drug-likeness (QED) is 0.782. The molecule has 0 aliphatic rings. The van der Waals surface area contributed by atoms with Gasteiger partial charge in [0, 0.05) is 12.1 Å². The molecule has 96 valence electrons. The molecule has 1 aromatic carbocycles. The zero-order valence-corrected chi connectivity index (χ0v) is 10.4. The van der Waals surface area contributed by atoms with Crippen LogP contribution in [-0.2, 0) is 11.2 Å². The Balaban J connectivity index is 2.86. The van der Waals surface area contributed by atoms with Gasteiger partial charge in [-0.15, -0.1) is 6.58 Å². The number of carbonyl (C=O) groups is 2. The molecule has 1 amide bonds. The molecule has 4 heteroatoms. The molecule has 1 aromatic rings. The van der Waals surface area contributed by atoms with Gasteiger partial charge in [0.2, 0.25) is 0 Å². The van der Waals surface area contributed by atoms with E-state index in [9.17, 15) is 9.59 Å². The minimum absolute atomic E-state index is 0.223. The van der Waals surface area contributed by atoms with Crippen LogP contribution in [0.4, 0.5) is 0 Å². The molecule has 0 radical (unpaired) electrons. The van der Waals surface area contributed by atoms with Gasteiger partial charge in [-0.1, -0.05) is 25.1 Å². The van der Waals surface area contributed by atoms with Crippen molar-refractivity contribution in [2.24, 2.45) is 0 Å². The molecule has 1 N–H and O–H groups in total. The van der Waals surface area contributed by atoms with Crippen molar-refractivity contribution in [3.05, 3.63) is 48.0 Å². The minimum atomic E-state index is -1.03. The van der Waals surface area contributed by atoms with Crippen molar-refractivity contribution in [3.63, 3.8) is 0 Å². The molecular formula is C14H17NO3. The molecule has 0 saturated heterocycles. The molecule has 0 heterocycles. The van der Waals surface area contributed by atoms with E-state index in [1.807, 2.05) is 19.1 Å². The largest absolute Gasteiger partial charge is 0.480 e. The van der Waals surface area contributed by atoms with E-state index < -0.39 is 5.97 Å². The van der Waals surface area contributed by atoms with E-state index in [4.69, 9.17) is 5.11 Å². The van der Waals surface area contributed by atoms with Crippen molar-refractivity contribution in [1.82, 2.24) is 4.90 Å². The fourth-order valence-electron chi connectivity index (χ4n) is 1.60. The van der Waals surface area contributed by atoms with Crippen LogP contribution >= 0.6 is 0 Å². The highest BCUT2D eigenvalue weighted by Gasteiger charge is 2.16. The Kier molecular flexibility index (Phi) is 5.11. The molecular weight excluding hydrogens is 230 g/mol. The van der Waals surface area contributed by atoms with Crippen LogP contribution < -0.4 is 0 Å². The van der Waals surface area contributed by atoms with E-state index in [-0.39, 0.29) is 19.0 Å². The SMILES string of the molecule is C=CCN(CC(=O)O)C(=O)c1ccc(CC)cc1. The molecule has 0 bridgehead atoms. The lowest BCUT2D eigenvalue weighted by atomic mass is 10.1. The smallest absolute Gasteiger partial charge is 0.323 e. The zero-order valence-electron chi connectivity index (χ0n) is 10.4. The van der Waals surface area contributed by atoms with Crippen molar-refractivity contribution in [1.29, 1.82) is 0 Å². The third-order valence-corrected chi connectivity index (χ3v) is 2.57. The zero-order chi connectivity index (χ0) is 13.5. The number of nitrogens with zero attached hydrogens (tertiary/aromatic N) is 1. The molecule has 0 aliphatic carbocycles. The molecule has 1 rings (SSSR count). The number of carbonyl (C=O) groups excluding carboxylic acids is 1. The monoisotopic (exact) mass is 247 g/mol. The van der Waals surface area contributed by atoms with Crippen molar-refractivity contribution < 1.29 is 14.7 Å². The molecule has 4 nitrogen and oxygen atoms in total. The van der Waals surface area contributed by atoms with Crippen LogP contribution in [0, 0.1) is 0 Å². The predicted molar refractivity (Wildman–Crippen MR) is 69.6 cm³/mol. The number of amides is 1. The molecule has 18 heavy (non-hydrogen) atoms. The van der Waals surface area contributed by atoms with Gasteiger partial charge >= 0.3 is 5.97 Å². The Morgan fingerprint density at radius 1 is 1.33 bits per heavy atom. The number of benzene rings is 1. The Morgan fingerprint density at radius 2 is 1.94 bits per heavy atom. The van der Waals surface area contributed by atoms with Crippen LogP contribution in [0.5, 0.6) is 0 Å². The summed E-state index contributed by atoms with van der Waals surface area (Å²) in [6, 6.07) is 7.19. The number of carboxylic acid groups (broad SMARTS) is 1. The van der Waals surface area contributed by atoms with E-state index in [1.54, 1.807) is 12.1 Å². The number of aliphatic carboxylic acids is 1. The van der Waals surface area contributed by atoms with Gasteiger partial charge in [-0.3, -0.25) is 9.59 Å². The highest BCUT2D eigenvalue weighted by atomic mass is 16.4. The Hall–Kier alpha value is -2.10. The maximum Gasteiger partial charge on any atom is 0.323 e. The van der Waals surface area contributed by atoms with Gasteiger partial charge in [0.25, 0.3) is 5.91 Å². The third-order valence-electron chi connectivity index (χ3n) is 2.57. The average molecular weight is 247 g/mol. The molecule has 0 saturated carbocycles. The second-order valence-corrected chi connectivity index (χ2v) is 3.92. The molecule has 0 aromatic heterocycles. The van der Waals surface area contributed by atoms with Gasteiger partial charge in [0.05, 0.1) is 0 Å². The fourth-order valence-corrected chi connectivity index (χ4v) is 1.60. The second kappa shape index (κ2) is 6.59. The van der Waals surface area contributed by atoms with E-state index in [2.05, 4.69) is 6.58 Å². The van der Waals surface area contributed by atoms with Crippen LogP contribution in [0.2, 0.25) is 0 Å². The Bertz CT molecular complexity index is 437. The van der Waals surface area contributed by atoms with Crippen LogP contribution in [0.25, 0.3) is 0 Å². The summed E-state index contributed by atoms with van der Waals surface area (Å²) in [5.74, 6) is -1.32. The topological polar surface area (TPSA) is 57.6 Å². The van der Waals surface area contributed by atoms with Crippen molar-refractivity contribution >= 4 is 11.9 Å². The summed E-state index contributed by atoms with van der Waals surface area (Å²) in [6.45, 7) is 5.46. The van der Waals surface area contributed by atoms with Gasteiger partial charge in [-0.05, 0) is 24.1 Å². The first-order chi connectivity index (χ1) is 8.58. The average Bonchev–Trinajstić information content (AvgIpc) is 2.37. The van der Waals surface area contributed by atoms with E-state index >= 15 is 0 Å². The second-order valence-electron chi connectivity index (χ2n) is 3.92. The highest BCUT2D eigenvalue weighted by Crippen LogP contribution is 2.08. The third kappa shape index (κ3) is 3.73. The summed E-state index contributed by atoms with van der Waals surface area (Å²) >= 11 is 0. The van der Waals surface area contributed by atoms with Crippen LogP contribution in [-0.4, -0.2) is 35.0 Å². The van der Waals surface area contributed by atoms with Gasteiger partial charge in [0.15, 0.2) is 0 Å². The predicted octanol–water partition coefficient (Wildman–Crippen LogP) is 1.96. The number of aryl methyl sites for hydroxylation is 1. The van der Waals surface area contributed by atoms with Crippen molar-refractivity contribution in [3.8, 4) is 0 Å². The molecule has 0 fully saturated rings. The molecule has 0 atom stereocenters. The lowest BCUT2D eigenvalue weighted by Gasteiger charge is -2.18. The molecule has 0 spiro atoms. The van der Waals surface area contributed by atoms with E-state index in [0.717, 1.165) is 12.0 Å². The first-order valence-corrected chi connectivity index (χ1v) is 5.79. The van der Waals surface area contributed by atoms with Crippen molar-refractivity contribution in [2.75, 3.05) is 13.1 Å². The van der Waals surface area contributed by atoms with Gasteiger partial charge < -0.3 is 10.0 Å². The van der Waals surface area contributed by atoms with Crippen LogP contribution in [0.3, 0.4) is 0 Å². The summed E-state index contributed by atoms with van der Waals surface area (Å²) in [6.07, 6.45) is 2.42.